The Kier molecular flexibility index (Phi) is 4.51. The van der Waals surface area contributed by atoms with Crippen LogP contribution in [0.2, 0.25) is 0 Å². The third-order valence-corrected chi connectivity index (χ3v) is 2.22. The lowest BCUT2D eigenvalue weighted by atomic mass is 10.2. The Bertz CT molecular complexity index is 243. The molecule has 0 spiro atoms. The topological polar surface area (TPSA) is 95.9 Å². The van der Waals surface area contributed by atoms with Gasteiger partial charge in [-0.25, -0.2) is 4.79 Å². The summed E-state index contributed by atoms with van der Waals surface area (Å²) in [5.41, 5.74) is 0. The van der Waals surface area contributed by atoms with Gasteiger partial charge in [0.1, 0.15) is 6.10 Å². The van der Waals surface area contributed by atoms with Gasteiger partial charge in [0.05, 0.1) is 0 Å². The van der Waals surface area contributed by atoms with E-state index in [9.17, 15) is 9.59 Å². The number of hydrogen-bond acceptors (Lipinski definition) is 4. The Balaban J connectivity index is 2.27. The van der Waals surface area contributed by atoms with Crippen molar-refractivity contribution < 1.29 is 24.5 Å². The molecule has 1 saturated heterocycles. The van der Waals surface area contributed by atoms with E-state index in [0.29, 0.717) is 25.8 Å². The molecule has 1 aliphatic heterocycles. The fourth-order valence-electron chi connectivity index (χ4n) is 1.42. The van der Waals surface area contributed by atoms with Crippen LogP contribution in [0.5, 0.6) is 0 Å². The summed E-state index contributed by atoms with van der Waals surface area (Å²) >= 11 is 0. The van der Waals surface area contributed by atoms with Gasteiger partial charge >= 0.3 is 5.97 Å². The quantitative estimate of drug-likeness (QED) is 0.519. The highest BCUT2D eigenvalue weighted by atomic mass is 16.5. The molecule has 0 aromatic heterocycles. The number of aliphatic carboxylic acids is 1. The number of hydrogen-bond donors (Lipinski definition) is 3. The molecule has 2 atom stereocenters. The average molecular weight is 217 g/mol. The normalized spacial score (nSPS) is 25.1. The minimum absolute atomic E-state index is 0.0174. The van der Waals surface area contributed by atoms with E-state index in [0.717, 1.165) is 0 Å². The molecule has 0 radical (unpaired) electrons. The van der Waals surface area contributed by atoms with Gasteiger partial charge in [0.2, 0.25) is 5.91 Å². The SMILES string of the molecule is O=C(O)C1CCC(C(=O)NCCCO)O1. The zero-order valence-electron chi connectivity index (χ0n) is 8.31. The number of amides is 1. The number of carboxylic acid groups (broad SMARTS) is 1. The Hall–Kier alpha value is -1.14. The summed E-state index contributed by atoms with van der Waals surface area (Å²) in [6.07, 6.45) is -0.237. The van der Waals surface area contributed by atoms with Crippen LogP contribution in [0.4, 0.5) is 0 Å². The van der Waals surface area contributed by atoms with Crippen molar-refractivity contribution in [3.05, 3.63) is 0 Å². The van der Waals surface area contributed by atoms with Crippen molar-refractivity contribution in [3.8, 4) is 0 Å². The van der Waals surface area contributed by atoms with Crippen molar-refractivity contribution in [1.29, 1.82) is 0 Å². The van der Waals surface area contributed by atoms with Crippen LogP contribution in [-0.4, -0.2) is 47.4 Å². The molecule has 1 aliphatic rings. The van der Waals surface area contributed by atoms with Crippen LogP contribution in [0.15, 0.2) is 0 Å². The first kappa shape index (κ1) is 11.9. The molecule has 6 heteroatoms. The van der Waals surface area contributed by atoms with E-state index in [1.165, 1.54) is 0 Å². The van der Waals surface area contributed by atoms with Gasteiger partial charge in [0.15, 0.2) is 6.10 Å². The van der Waals surface area contributed by atoms with Crippen LogP contribution >= 0.6 is 0 Å². The molecule has 15 heavy (non-hydrogen) atoms. The van der Waals surface area contributed by atoms with E-state index in [1.54, 1.807) is 0 Å². The highest BCUT2D eigenvalue weighted by Gasteiger charge is 2.34. The van der Waals surface area contributed by atoms with Crippen molar-refractivity contribution in [2.75, 3.05) is 13.2 Å². The largest absolute Gasteiger partial charge is 0.479 e. The Morgan fingerprint density at radius 1 is 1.33 bits per heavy atom. The molecule has 3 N–H and O–H groups in total. The molecule has 86 valence electrons. The summed E-state index contributed by atoms with van der Waals surface area (Å²) in [6, 6.07) is 0. The van der Waals surface area contributed by atoms with Crippen molar-refractivity contribution in [3.63, 3.8) is 0 Å². The van der Waals surface area contributed by atoms with Gasteiger partial charge in [-0.05, 0) is 19.3 Å². The lowest BCUT2D eigenvalue weighted by molar-refractivity contribution is -0.151. The number of rotatable bonds is 5. The highest BCUT2D eigenvalue weighted by molar-refractivity contribution is 5.82. The summed E-state index contributed by atoms with van der Waals surface area (Å²) in [5.74, 6) is -1.33. The standard InChI is InChI=1S/C9H15NO5/c11-5-1-4-10-8(12)6-2-3-7(15-6)9(13)14/h6-7,11H,1-5H2,(H,10,12)(H,13,14). The van der Waals surface area contributed by atoms with Gasteiger partial charge in [0.25, 0.3) is 0 Å². The molecule has 0 saturated carbocycles. The number of nitrogens with one attached hydrogen (secondary N) is 1. The maximum absolute atomic E-state index is 11.4. The average Bonchev–Trinajstić information content (AvgIpc) is 2.66. The molecule has 0 aliphatic carbocycles. The van der Waals surface area contributed by atoms with Gasteiger partial charge in [-0.3, -0.25) is 4.79 Å². The summed E-state index contributed by atoms with van der Waals surface area (Å²) < 4.78 is 5.04. The van der Waals surface area contributed by atoms with Crippen LogP contribution in [0.25, 0.3) is 0 Å². The van der Waals surface area contributed by atoms with Crippen molar-refractivity contribution in [2.45, 2.75) is 31.5 Å². The van der Waals surface area contributed by atoms with Crippen LogP contribution in [0.3, 0.4) is 0 Å². The summed E-state index contributed by atoms with van der Waals surface area (Å²) in [7, 11) is 0. The zero-order valence-corrected chi connectivity index (χ0v) is 8.31. The molecule has 0 aromatic carbocycles. The number of ether oxygens (including phenoxy) is 1. The summed E-state index contributed by atoms with van der Waals surface area (Å²) in [5, 5.41) is 19.7. The van der Waals surface area contributed by atoms with E-state index < -0.39 is 18.2 Å². The fourth-order valence-corrected chi connectivity index (χ4v) is 1.42. The third-order valence-electron chi connectivity index (χ3n) is 2.22. The lowest BCUT2D eigenvalue weighted by Gasteiger charge is -2.11. The number of aliphatic hydroxyl groups excluding tert-OH is 1. The number of carbonyl (C=O) groups excluding carboxylic acids is 1. The molecule has 0 aromatic rings. The van der Waals surface area contributed by atoms with Crippen LogP contribution in [0.1, 0.15) is 19.3 Å². The molecular formula is C9H15NO5. The van der Waals surface area contributed by atoms with E-state index in [1.807, 2.05) is 0 Å². The zero-order chi connectivity index (χ0) is 11.3. The van der Waals surface area contributed by atoms with E-state index in [2.05, 4.69) is 5.32 Å². The predicted octanol–water partition coefficient (Wildman–Crippen LogP) is -0.883. The van der Waals surface area contributed by atoms with Crippen molar-refractivity contribution in [1.82, 2.24) is 5.32 Å². The summed E-state index contributed by atoms with van der Waals surface area (Å²) in [6.45, 7) is 0.399. The van der Waals surface area contributed by atoms with Gasteiger partial charge < -0.3 is 20.3 Å². The second-order valence-electron chi connectivity index (χ2n) is 3.40. The minimum Gasteiger partial charge on any atom is -0.479 e. The van der Waals surface area contributed by atoms with Crippen molar-refractivity contribution in [2.24, 2.45) is 0 Å². The van der Waals surface area contributed by atoms with Gasteiger partial charge in [-0.1, -0.05) is 0 Å². The van der Waals surface area contributed by atoms with E-state index >= 15 is 0 Å². The molecule has 1 amide bonds. The van der Waals surface area contributed by atoms with Crippen molar-refractivity contribution >= 4 is 11.9 Å². The minimum atomic E-state index is -1.03. The van der Waals surface area contributed by atoms with Crippen LogP contribution in [-0.2, 0) is 14.3 Å². The first-order valence-electron chi connectivity index (χ1n) is 4.92. The molecule has 2 unspecified atom stereocenters. The Morgan fingerprint density at radius 2 is 2.00 bits per heavy atom. The second kappa shape index (κ2) is 5.67. The Labute approximate surface area is 87.2 Å². The smallest absolute Gasteiger partial charge is 0.332 e. The second-order valence-corrected chi connectivity index (χ2v) is 3.40. The number of carboxylic acids is 1. The van der Waals surface area contributed by atoms with E-state index in [4.69, 9.17) is 14.9 Å². The summed E-state index contributed by atoms with van der Waals surface area (Å²) in [4.78, 5) is 21.9. The third kappa shape index (κ3) is 3.49. The van der Waals surface area contributed by atoms with Crippen LogP contribution < -0.4 is 5.32 Å². The molecular weight excluding hydrogens is 202 g/mol. The maximum Gasteiger partial charge on any atom is 0.332 e. The molecule has 1 rings (SSSR count). The molecule has 1 heterocycles. The fraction of sp³-hybridized carbons (Fsp3) is 0.778. The predicted molar refractivity (Wildman–Crippen MR) is 50.2 cm³/mol. The lowest BCUT2D eigenvalue weighted by Crippen LogP contribution is -2.36. The van der Waals surface area contributed by atoms with Gasteiger partial charge in [0, 0.05) is 13.2 Å². The first-order chi connectivity index (χ1) is 7.15. The monoisotopic (exact) mass is 217 g/mol. The van der Waals surface area contributed by atoms with Crippen LogP contribution in [0, 0.1) is 0 Å². The molecule has 6 nitrogen and oxygen atoms in total. The molecule has 0 bridgehead atoms. The molecule has 1 fully saturated rings. The van der Waals surface area contributed by atoms with E-state index in [-0.39, 0.29) is 12.5 Å². The Morgan fingerprint density at radius 3 is 2.53 bits per heavy atom. The highest BCUT2D eigenvalue weighted by Crippen LogP contribution is 2.19. The maximum atomic E-state index is 11.4. The number of aliphatic hydroxyl groups is 1. The first-order valence-corrected chi connectivity index (χ1v) is 4.92. The van der Waals surface area contributed by atoms with Gasteiger partial charge in [-0.2, -0.15) is 0 Å². The number of carbonyl (C=O) groups is 2. The van der Waals surface area contributed by atoms with Gasteiger partial charge in [-0.15, -0.1) is 0 Å².